The lowest BCUT2D eigenvalue weighted by molar-refractivity contribution is 0.196. The first-order valence-corrected chi connectivity index (χ1v) is 7.99. The summed E-state index contributed by atoms with van der Waals surface area (Å²) in [6.45, 7) is 5.33. The number of benzene rings is 1. The maximum atomic E-state index is 12.5. The molecule has 0 radical (unpaired) electrons. The van der Waals surface area contributed by atoms with Crippen molar-refractivity contribution in [3.8, 4) is 0 Å². The van der Waals surface area contributed by atoms with Crippen LogP contribution in [-0.4, -0.2) is 30.9 Å². The van der Waals surface area contributed by atoms with E-state index < -0.39 is 10.0 Å². The Morgan fingerprint density at radius 2 is 1.89 bits per heavy atom. The number of piperidine rings is 1. The van der Waals surface area contributed by atoms with Crippen LogP contribution < -0.4 is 0 Å². The summed E-state index contributed by atoms with van der Waals surface area (Å²) in [5, 5.41) is 9.10. The molecule has 0 aromatic heterocycles. The summed E-state index contributed by atoms with van der Waals surface area (Å²) in [5.41, 5.74) is 0.845. The molecule has 1 fully saturated rings. The maximum absolute atomic E-state index is 12.5. The molecule has 1 aromatic rings. The van der Waals surface area contributed by atoms with Gasteiger partial charge in [-0.25, -0.2) is 8.42 Å². The minimum Gasteiger partial charge on any atom is -0.392 e. The molecule has 1 N–H and O–H groups in total. The quantitative estimate of drug-likeness (QED) is 0.923. The highest BCUT2D eigenvalue weighted by atomic mass is 32.2. The van der Waals surface area contributed by atoms with Crippen LogP contribution in [0.3, 0.4) is 0 Å². The number of nitrogens with zero attached hydrogens (tertiary/aromatic N) is 1. The second kappa shape index (κ2) is 5.23. The first-order chi connectivity index (χ1) is 8.85. The standard InChI is InChI=1S/C14H21NO3S/c1-14(2)6-8-15(9-7-14)19(17,18)13-5-3-4-12(10-13)11-16/h3-5,10,16H,6-9,11H2,1-2H3. The van der Waals surface area contributed by atoms with Crippen LogP contribution in [0.2, 0.25) is 0 Å². The molecule has 0 unspecified atom stereocenters. The fourth-order valence-electron chi connectivity index (χ4n) is 2.29. The Bertz CT molecular complexity index is 542. The highest BCUT2D eigenvalue weighted by molar-refractivity contribution is 7.89. The van der Waals surface area contributed by atoms with Crippen molar-refractivity contribution in [2.75, 3.05) is 13.1 Å². The Kier molecular flexibility index (Phi) is 3.99. The van der Waals surface area contributed by atoms with Gasteiger partial charge in [-0.2, -0.15) is 4.31 Å². The van der Waals surface area contributed by atoms with Gasteiger partial charge in [-0.15, -0.1) is 0 Å². The van der Waals surface area contributed by atoms with Crippen LogP contribution in [0.1, 0.15) is 32.3 Å². The normalized spacial score (nSPS) is 20.4. The third-order valence-electron chi connectivity index (χ3n) is 3.79. The van der Waals surface area contributed by atoms with Crippen LogP contribution in [0, 0.1) is 5.41 Å². The zero-order valence-corrected chi connectivity index (χ0v) is 12.3. The minimum atomic E-state index is -3.42. The summed E-state index contributed by atoms with van der Waals surface area (Å²) in [5.74, 6) is 0. The van der Waals surface area contributed by atoms with Gasteiger partial charge >= 0.3 is 0 Å². The van der Waals surface area contributed by atoms with Gasteiger partial charge in [-0.3, -0.25) is 0 Å². The van der Waals surface area contributed by atoms with Gasteiger partial charge in [0.1, 0.15) is 0 Å². The molecule has 1 heterocycles. The zero-order valence-electron chi connectivity index (χ0n) is 11.5. The van der Waals surface area contributed by atoms with Crippen molar-refractivity contribution in [1.82, 2.24) is 4.31 Å². The summed E-state index contributed by atoms with van der Waals surface area (Å²) < 4.78 is 26.6. The topological polar surface area (TPSA) is 57.6 Å². The van der Waals surface area contributed by atoms with Crippen molar-refractivity contribution >= 4 is 10.0 Å². The molecule has 106 valence electrons. The molecule has 4 nitrogen and oxygen atoms in total. The Hall–Kier alpha value is -0.910. The van der Waals surface area contributed by atoms with E-state index in [1.54, 1.807) is 28.6 Å². The van der Waals surface area contributed by atoms with Crippen LogP contribution in [0.4, 0.5) is 0 Å². The first-order valence-electron chi connectivity index (χ1n) is 6.55. The van der Waals surface area contributed by atoms with E-state index in [1.165, 1.54) is 0 Å². The minimum absolute atomic E-state index is 0.142. The number of sulfonamides is 1. The molecule has 0 atom stereocenters. The summed E-state index contributed by atoms with van der Waals surface area (Å²) in [4.78, 5) is 0.277. The Morgan fingerprint density at radius 1 is 1.26 bits per heavy atom. The average molecular weight is 283 g/mol. The van der Waals surface area contributed by atoms with E-state index >= 15 is 0 Å². The average Bonchev–Trinajstić information content (AvgIpc) is 2.38. The molecule has 1 saturated heterocycles. The van der Waals surface area contributed by atoms with Gasteiger partial charge in [0.25, 0.3) is 0 Å². The third kappa shape index (κ3) is 3.16. The summed E-state index contributed by atoms with van der Waals surface area (Å²) >= 11 is 0. The number of hydrogen-bond donors (Lipinski definition) is 1. The van der Waals surface area contributed by atoms with Crippen molar-refractivity contribution in [2.45, 2.75) is 38.2 Å². The third-order valence-corrected chi connectivity index (χ3v) is 5.69. The van der Waals surface area contributed by atoms with Crippen LogP contribution in [0.5, 0.6) is 0 Å². The molecule has 0 saturated carbocycles. The summed E-state index contributed by atoms with van der Waals surface area (Å²) in [6.07, 6.45) is 1.76. The Balaban J connectivity index is 2.23. The van der Waals surface area contributed by atoms with E-state index in [-0.39, 0.29) is 16.9 Å². The highest BCUT2D eigenvalue weighted by Crippen LogP contribution is 2.32. The largest absolute Gasteiger partial charge is 0.392 e. The molecule has 0 amide bonds. The van der Waals surface area contributed by atoms with Gasteiger partial charge < -0.3 is 5.11 Å². The lowest BCUT2D eigenvalue weighted by Gasteiger charge is -2.36. The maximum Gasteiger partial charge on any atom is 0.243 e. The predicted molar refractivity (Wildman–Crippen MR) is 74.1 cm³/mol. The van der Waals surface area contributed by atoms with Gasteiger partial charge in [0.2, 0.25) is 10.0 Å². The molecule has 0 bridgehead atoms. The molecule has 2 rings (SSSR count). The molecule has 0 aliphatic carbocycles. The molecular formula is C14H21NO3S. The monoisotopic (exact) mass is 283 g/mol. The van der Waals surface area contributed by atoms with Crippen LogP contribution in [0.15, 0.2) is 29.2 Å². The van der Waals surface area contributed by atoms with E-state index in [1.807, 2.05) is 0 Å². The van der Waals surface area contributed by atoms with Crippen molar-refractivity contribution in [2.24, 2.45) is 5.41 Å². The molecule has 5 heteroatoms. The van der Waals surface area contributed by atoms with E-state index in [0.29, 0.717) is 18.7 Å². The fraction of sp³-hybridized carbons (Fsp3) is 0.571. The van der Waals surface area contributed by atoms with E-state index in [4.69, 9.17) is 5.11 Å². The lowest BCUT2D eigenvalue weighted by Crippen LogP contribution is -2.41. The SMILES string of the molecule is CC1(C)CCN(S(=O)(=O)c2cccc(CO)c2)CC1. The van der Waals surface area contributed by atoms with Gasteiger partial charge in [-0.05, 0) is 36.0 Å². The van der Waals surface area contributed by atoms with Gasteiger partial charge in [-0.1, -0.05) is 26.0 Å². The molecule has 19 heavy (non-hydrogen) atoms. The molecule has 0 spiro atoms. The predicted octanol–water partition coefficient (Wildman–Crippen LogP) is 1.99. The van der Waals surface area contributed by atoms with Crippen LogP contribution in [0.25, 0.3) is 0 Å². The van der Waals surface area contributed by atoms with Crippen molar-refractivity contribution < 1.29 is 13.5 Å². The molecule has 1 aromatic carbocycles. The van der Waals surface area contributed by atoms with Crippen molar-refractivity contribution in [3.05, 3.63) is 29.8 Å². The van der Waals surface area contributed by atoms with Crippen molar-refractivity contribution in [1.29, 1.82) is 0 Å². The first kappa shape index (κ1) is 14.5. The second-order valence-electron chi connectivity index (χ2n) is 5.87. The Morgan fingerprint density at radius 3 is 2.47 bits per heavy atom. The van der Waals surface area contributed by atoms with E-state index in [2.05, 4.69) is 13.8 Å². The highest BCUT2D eigenvalue weighted by Gasteiger charge is 2.32. The number of aliphatic hydroxyl groups is 1. The number of aliphatic hydroxyl groups excluding tert-OH is 1. The van der Waals surface area contributed by atoms with E-state index in [0.717, 1.165) is 12.8 Å². The van der Waals surface area contributed by atoms with Crippen LogP contribution in [-0.2, 0) is 16.6 Å². The fourth-order valence-corrected chi connectivity index (χ4v) is 3.80. The van der Waals surface area contributed by atoms with Crippen molar-refractivity contribution in [3.63, 3.8) is 0 Å². The zero-order chi connectivity index (χ0) is 14.1. The summed E-state index contributed by atoms with van der Waals surface area (Å²) in [7, 11) is -3.42. The van der Waals surface area contributed by atoms with Gasteiger partial charge in [0, 0.05) is 13.1 Å². The molecule has 1 aliphatic heterocycles. The smallest absolute Gasteiger partial charge is 0.243 e. The lowest BCUT2D eigenvalue weighted by atomic mass is 9.83. The second-order valence-corrected chi connectivity index (χ2v) is 7.81. The van der Waals surface area contributed by atoms with Gasteiger partial charge in [0.15, 0.2) is 0 Å². The summed E-state index contributed by atoms with van der Waals surface area (Å²) in [6, 6.07) is 6.54. The van der Waals surface area contributed by atoms with E-state index in [9.17, 15) is 8.42 Å². The molecular weight excluding hydrogens is 262 g/mol. The van der Waals surface area contributed by atoms with Gasteiger partial charge in [0.05, 0.1) is 11.5 Å². The van der Waals surface area contributed by atoms with Crippen LogP contribution >= 0.6 is 0 Å². The molecule has 1 aliphatic rings. The number of hydrogen-bond acceptors (Lipinski definition) is 3. The number of rotatable bonds is 3. The Labute approximate surface area is 115 Å².